The summed E-state index contributed by atoms with van der Waals surface area (Å²) in [5, 5.41) is 9.64. The highest BCUT2D eigenvalue weighted by molar-refractivity contribution is 5.94. The zero-order chi connectivity index (χ0) is 21.4. The normalized spacial score (nSPS) is 15.4. The van der Waals surface area contributed by atoms with Crippen molar-refractivity contribution >= 4 is 11.9 Å². The van der Waals surface area contributed by atoms with Gasteiger partial charge in [0.15, 0.2) is 0 Å². The number of aliphatic carboxylic acids is 1. The van der Waals surface area contributed by atoms with E-state index in [-0.39, 0.29) is 11.8 Å². The summed E-state index contributed by atoms with van der Waals surface area (Å²) in [5.41, 5.74) is 3.74. The van der Waals surface area contributed by atoms with Crippen molar-refractivity contribution in [1.82, 2.24) is 9.88 Å². The summed E-state index contributed by atoms with van der Waals surface area (Å²) in [5.74, 6) is -0.863. The quantitative estimate of drug-likeness (QED) is 0.699. The molecule has 6 nitrogen and oxygen atoms in total. The molecule has 1 amide bonds. The number of amides is 1. The Morgan fingerprint density at radius 3 is 2.37 bits per heavy atom. The Kier molecular flexibility index (Phi) is 4.99. The van der Waals surface area contributed by atoms with E-state index in [0.717, 1.165) is 16.7 Å². The van der Waals surface area contributed by atoms with Crippen molar-refractivity contribution in [2.75, 3.05) is 14.1 Å². The Morgan fingerprint density at radius 1 is 1.00 bits per heavy atom. The smallest absolute Gasteiger partial charge is 0.307 e. The van der Waals surface area contributed by atoms with Crippen LogP contribution < -0.4 is 4.74 Å². The predicted molar refractivity (Wildman–Crippen MR) is 113 cm³/mol. The number of nitrogens with zero attached hydrogens (tertiary/aromatic N) is 2. The van der Waals surface area contributed by atoms with E-state index in [0.29, 0.717) is 22.9 Å². The van der Waals surface area contributed by atoms with Crippen LogP contribution in [0.25, 0.3) is 11.3 Å². The number of carbonyl (C=O) groups is 2. The highest BCUT2D eigenvalue weighted by Crippen LogP contribution is 2.47. The van der Waals surface area contributed by atoms with Crippen LogP contribution in [0, 0.1) is 5.92 Å². The summed E-state index contributed by atoms with van der Waals surface area (Å²) < 4.78 is 6.03. The first kappa shape index (κ1) is 19.6. The topological polar surface area (TPSA) is 79.7 Å². The molecular weight excluding hydrogens is 380 g/mol. The van der Waals surface area contributed by atoms with Gasteiger partial charge in [0.1, 0.15) is 5.75 Å². The zero-order valence-corrected chi connectivity index (χ0v) is 17.0. The van der Waals surface area contributed by atoms with E-state index in [1.165, 1.54) is 4.90 Å². The van der Waals surface area contributed by atoms with E-state index in [1.54, 1.807) is 33.2 Å². The standard InChI is InChI=1S/C24H22N2O4/c1-14(24(28)29)21-17-6-4-5-7-20(17)30-22-18(21)12-13-19(25-22)15-8-10-16(11-9-15)23(27)26(2)3/h4-14,21H,1-3H3,(H,28,29). The monoisotopic (exact) mass is 402 g/mol. The minimum absolute atomic E-state index is 0.0645. The average molecular weight is 402 g/mol. The second-order valence-electron chi connectivity index (χ2n) is 7.61. The third-order valence-electron chi connectivity index (χ3n) is 5.41. The highest BCUT2D eigenvalue weighted by atomic mass is 16.5. The summed E-state index contributed by atoms with van der Waals surface area (Å²) in [6, 6.07) is 18.4. The molecule has 0 bridgehead atoms. The van der Waals surface area contributed by atoms with E-state index in [1.807, 2.05) is 48.5 Å². The van der Waals surface area contributed by atoms with Gasteiger partial charge in [-0.05, 0) is 24.3 Å². The van der Waals surface area contributed by atoms with Gasteiger partial charge in [-0.2, -0.15) is 0 Å². The Bertz CT molecular complexity index is 1120. The molecule has 1 aliphatic heterocycles. The molecule has 0 fully saturated rings. The van der Waals surface area contributed by atoms with Gasteiger partial charge in [0.05, 0.1) is 11.6 Å². The fourth-order valence-corrected chi connectivity index (χ4v) is 3.76. The number of carbonyl (C=O) groups excluding carboxylic acids is 1. The number of pyridine rings is 1. The van der Waals surface area contributed by atoms with Crippen molar-refractivity contribution in [2.45, 2.75) is 12.8 Å². The number of hydrogen-bond donors (Lipinski definition) is 1. The zero-order valence-electron chi connectivity index (χ0n) is 17.0. The first-order valence-electron chi connectivity index (χ1n) is 9.69. The fraction of sp³-hybridized carbons (Fsp3) is 0.208. The van der Waals surface area contributed by atoms with Crippen LogP contribution in [0.5, 0.6) is 11.6 Å². The molecule has 3 aromatic rings. The molecule has 1 N–H and O–H groups in total. The van der Waals surface area contributed by atoms with E-state index in [4.69, 9.17) is 4.74 Å². The van der Waals surface area contributed by atoms with Gasteiger partial charge in [-0.25, -0.2) is 4.98 Å². The van der Waals surface area contributed by atoms with Crippen LogP contribution in [-0.4, -0.2) is 41.0 Å². The van der Waals surface area contributed by atoms with Gasteiger partial charge < -0.3 is 14.7 Å². The summed E-state index contributed by atoms with van der Waals surface area (Å²) in [6.45, 7) is 1.70. The number of ether oxygens (including phenoxy) is 1. The molecule has 2 atom stereocenters. The molecule has 30 heavy (non-hydrogen) atoms. The lowest BCUT2D eigenvalue weighted by molar-refractivity contribution is -0.141. The number of carboxylic acid groups (broad SMARTS) is 1. The van der Waals surface area contributed by atoms with Gasteiger partial charge in [-0.15, -0.1) is 0 Å². The van der Waals surface area contributed by atoms with Crippen molar-refractivity contribution in [3.8, 4) is 22.9 Å². The molecule has 1 aromatic heterocycles. The maximum atomic E-state index is 12.1. The molecular formula is C24H22N2O4. The van der Waals surface area contributed by atoms with E-state index >= 15 is 0 Å². The van der Waals surface area contributed by atoms with Gasteiger partial charge >= 0.3 is 5.97 Å². The Labute approximate surface area is 174 Å². The largest absolute Gasteiger partial charge is 0.481 e. The van der Waals surface area contributed by atoms with Crippen molar-refractivity contribution in [3.63, 3.8) is 0 Å². The molecule has 6 heteroatoms. The first-order valence-corrected chi connectivity index (χ1v) is 9.69. The summed E-state index contributed by atoms with van der Waals surface area (Å²) in [6.07, 6.45) is 0. The minimum atomic E-state index is -0.868. The molecule has 0 spiro atoms. The van der Waals surface area contributed by atoms with Crippen LogP contribution in [0.1, 0.15) is 34.3 Å². The molecule has 1 aliphatic rings. The number of fused-ring (bicyclic) bond motifs is 2. The molecule has 4 rings (SSSR count). The molecule has 0 saturated carbocycles. The van der Waals surface area contributed by atoms with Crippen molar-refractivity contribution in [1.29, 1.82) is 0 Å². The lowest BCUT2D eigenvalue weighted by atomic mass is 9.80. The van der Waals surface area contributed by atoms with Gasteiger partial charge in [-0.1, -0.05) is 43.3 Å². The van der Waals surface area contributed by atoms with E-state index in [9.17, 15) is 14.7 Å². The first-order chi connectivity index (χ1) is 14.4. The third kappa shape index (κ3) is 3.41. The van der Waals surface area contributed by atoms with Crippen molar-refractivity contribution < 1.29 is 19.4 Å². The number of carboxylic acids is 1. The number of aromatic nitrogens is 1. The average Bonchev–Trinajstić information content (AvgIpc) is 2.76. The lowest BCUT2D eigenvalue weighted by Gasteiger charge is -2.30. The highest BCUT2D eigenvalue weighted by Gasteiger charge is 2.35. The summed E-state index contributed by atoms with van der Waals surface area (Å²) in [7, 11) is 3.43. The van der Waals surface area contributed by atoms with Gasteiger partial charge in [0.25, 0.3) is 5.91 Å². The number of para-hydroxylation sites is 1. The Balaban J connectivity index is 1.74. The van der Waals surface area contributed by atoms with Gasteiger partial charge in [0.2, 0.25) is 5.88 Å². The van der Waals surface area contributed by atoms with Crippen LogP contribution in [0.15, 0.2) is 60.7 Å². The molecule has 152 valence electrons. The van der Waals surface area contributed by atoms with Crippen LogP contribution in [0.3, 0.4) is 0 Å². The summed E-state index contributed by atoms with van der Waals surface area (Å²) in [4.78, 5) is 30.0. The Morgan fingerprint density at radius 2 is 1.70 bits per heavy atom. The number of rotatable bonds is 4. The van der Waals surface area contributed by atoms with Crippen LogP contribution >= 0.6 is 0 Å². The molecule has 2 unspecified atom stereocenters. The lowest BCUT2D eigenvalue weighted by Crippen LogP contribution is -2.23. The second-order valence-corrected chi connectivity index (χ2v) is 7.61. The molecule has 0 aliphatic carbocycles. The van der Waals surface area contributed by atoms with Crippen LogP contribution in [0.2, 0.25) is 0 Å². The maximum absolute atomic E-state index is 12.1. The van der Waals surface area contributed by atoms with Gasteiger partial charge in [0, 0.05) is 42.3 Å². The molecule has 0 saturated heterocycles. The van der Waals surface area contributed by atoms with E-state index in [2.05, 4.69) is 4.98 Å². The molecule has 0 radical (unpaired) electrons. The maximum Gasteiger partial charge on any atom is 0.307 e. The molecule has 2 heterocycles. The summed E-state index contributed by atoms with van der Waals surface area (Å²) >= 11 is 0. The number of benzene rings is 2. The molecule has 2 aromatic carbocycles. The SMILES string of the molecule is CC(C(=O)O)C1c2ccccc2Oc2nc(-c3ccc(C(=O)N(C)C)cc3)ccc21. The fourth-order valence-electron chi connectivity index (χ4n) is 3.76. The number of hydrogen-bond acceptors (Lipinski definition) is 4. The van der Waals surface area contributed by atoms with Crippen LogP contribution in [-0.2, 0) is 4.79 Å². The predicted octanol–water partition coefficient (Wildman–Crippen LogP) is 4.41. The second kappa shape index (κ2) is 7.63. The Hall–Kier alpha value is -3.67. The van der Waals surface area contributed by atoms with Crippen molar-refractivity contribution in [3.05, 3.63) is 77.4 Å². The third-order valence-corrected chi connectivity index (χ3v) is 5.41. The van der Waals surface area contributed by atoms with Gasteiger partial charge in [-0.3, -0.25) is 9.59 Å². The minimum Gasteiger partial charge on any atom is -0.481 e. The van der Waals surface area contributed by atoms with Crippen LogP contribution in [0.4, 0.5) is 0 Å². The van der Waals surface area contributed by atoms with Crippen molar-refractivity contribution in [2.24, 2.45) is 5.92 Å². The van der Waals surface area contributed by atoms with E-state index < -0.39 is 11.9 Å².